The molecule has 0 aliphatic carbocycles. The quantitative estimate of drug-likeness (QED) is 0.200. The minimum absolute atomic E-state index is 0.0129. The Balaban J connectivity index is 1.79. The number of aliphatic carboxylic acids is 1. The molecule has 2 N–H and O–H groups in total. The lowest BCUT2D eigenvalue weighted by atomic mass is 10.0. The van der Waals surface area contributed by atoms with Gasteiger partial charge < -0.3 is 19.7 Å². The van der Waals surface area contributed by atoms with Crippen LogP contribution in [0.1, 0.15) is 29.5 Å². The summed E-state index contributed by atoms with van der Waals surface area (Å²) in [6.45, 7) is -2.29. The molecule has 4 rings (SSSR count). The molecular weight excluding hydrogens is 641 g/mol. The number of hydrogen-bond acceptors (Lipinski definition) is 7. The number of hydrogen-bond donors (Lipinski definition) is 2. The Morgan fingerprint density at radius 3 is 2.64 bits per heavy atom. The van der Waals surface area contributed by atoms with Crippen LogP contribution in [-0.2, 0) is 27.5 Å². The molecule has 44 heavy (non-hydrogen) atoms. The van der Waals surface area contributed by atoms with Gasteiger partial charge in [-0.25, -0.2) is 17.2 Å². The van der Waals surface area contributed by atoms with Crippen molar-refractivity contribution in [1.29, 1.82) is 0 Å². The number of alkyl halides is 5. The van der Waals surface area contributed by atoms with Crippen LogP contribution in [0, 0.1) is 0 Å². The van der Waals surface area contributed by atoms with Crippen LogP contribution in [0.3, 0.4) is 0 Å². The predicted octanol–water partition coefficient (Wildman–Crippen LogP) is 5.18. The molecule has 238 valence electrons. The van der Waals surface area contributed by atoms with Gasteiger partial charge >= 0.3 is 12.1 Å². The summed E-state index contributed by atoms with van der Waals surface area (Å²) in [5.74, 6) is -1.69. The van der Waals surface area contributed by atoms with E-state index in [1.807, 2.05) is 0 Å². The summed E-state index contributed by atoms with van der Waals surface area (Å²) in [7, 11) is -4.66. The maximum atomic E-state index is 14.0. The smallest absolute Gasteiger partial charge is 0.417 e. The third kappa shape index (κ3) is 7.60. The number of halogens is 6. The van der Waals surface area contributed by atoms with Gasteiger partial charge in [0.15, 0.2) is 4.90 Å². The Kier molecular flexibility index (Phi) is 10.1. The number of nitrogens with zero attached hydrogens (tertiary/aromatic N) is 3. The lowest BCUT2D eigenvalue weighted by Crippen LogP contribution is -2.43. The molecule has 0 bridgehead atoms. The number of ether oxygens (including phenoxy) is 2. The molecule has 0 unspecified atom stereocenters. The van der Waals surface area contributed by atoms with E-state index in [9.17, 15) is 35.2 Å². The molecule has 0 amide bonds. The Morgan fingerprint density at radius 2 is 1.98 bits per heavy atom. The maximum absolute atomic E-state index is 14.0. The average Bonchev–Trinajstić information content (AvgIpc) is 3.35. The zero-order valence-corrected chi connectivity index (χ0v) is 24.1. The molecule has 2 heterocycles. The second-order valence-corrected chi connectivity index (χ2v) is 11.7. The first-order chi connectivity index (χ1) is 20.7. The summed E-state index contributed by atoms with van der Waals surface area (Å²) in [5, 5.41) is 21.9. The van der Waals surface area contributed by atoms with Crippen LogP contribution < -0.4 is 13.8 Å². The zero-order valence-electron chi connectivity index (χ0n) is 22.5. The van der Waals surface area contributed by atoms with Crippen LogP contribution in [0.2, 0.25) is 5.02 Å². The number of sulfonamides is 1. The largest absolute Gasteiger partial charge is 0.486 e. The molecule has 3 aromatic rings. The number of aliphatic hydroxyl groups excluding tert-OH is 1. The normalized spacial score (nSPS) is 15.5. The highest BCUT2D eigenvalue weighted by molar-refractivity contribution is 7.93. The van der Waals surface area contributed by atoms with Crippen molar-refractivity contribution in [1.82, 2.24) is 9.78 Å². The van der Waals surface area contributed by atoms with Gasteiger partial charge in [0, 0.05) is 23.2 Å². The van der Waals surface area contributed by atoms with E-state index >= 15 is 0 Å². The van der Waals surface area contributed by atoms with E-state index in [-0.39, 0.29) is 40.4 Å². The molecular formula is C27H25ClF5N3O7S. The average molecular weight is 666 g/mol. The van der Waals surface area contributed by atoms with Crippen molar-refractivity contribution in [2.75, 3.05) is 24.1 Å². The van der Waals surface area contributed by atoms with Crippen molar-refractivity contribution >= 4 is 45.4 Å². The van der Waals surface area contributed by atoms with Crippen LogP contribution >= 0.6 is 11.6 Å². The molecule has 0 saturated heterocycles. The molecule has 0 spiro atoms. The van der Waals surface area contributed by atoms with Crippen molar-refractivity contribution in [3.63, 3.8) is 0 Å². The molecule has 1 atom stereocenters. The monoisotopic (exact) mass is 665 g/mol. The molecule has 0 radical (unpaired) electrons. The first-order valence-corrected chi connectivity index (χ1v) is 14.7. The number of aromatic nitrogens is 2. The van der Waals surface area contributed by atoms with Gasteiger partial charge in [0.1, 0.15) is 25.0 Å². The summed E-state index contributed by atoms with van der Waals surface area (Å²) in [4.78, 5) is 10.6. The van der Waals surface area contributed by atoms with Crippen molar-refractivity contribution in [2.45, 2.75) is 43.0 Å². The van der Waals surface area contributed by atoms with Gasteiger partial charge in [0.05, 0.1) is 24.4 Å². The number of fused-ring (bicyclic) bond motifs is 1. The Morgan fingerprint density at radius 1 is 1.23 bits per heavy atom. The highest BCUT2D eigenvalue weighted by Gasteiger charge is 2.38. The summed E-state index contributed by atoms with van der Waals surface area (Å²) >= 11 is 6.04. The summed E-state index contributed by atoms with van der Waals surface area (Å²) < 4.78 is 107. The topological polar surface area (TPSA) is 131 Å². The number of carboxylic acids is 1. The summed E-state index contributed by atoms with van der Waals surface area (Å²) in [6, 6.07) is 7.43. The molecule has 10 nitrogen and oxygen atoms in total. The van der Waals surface area contributed by atoms with Crippen LogP contribution in [0.4, 0.5) is 27.6 Å². The van der Waals surface area contributed by atoms with Gasteiger partial charge in [-0.2, -0.15) is 13.2 Å². The molecule has 1 aromatic heterocycles. The van der Waals surface area contributed by atoms with E-state index in [0.29, 0.717) is 4.68 Å². The van der Waals surface area contributed by atoms with E-state index in [0.717, 1.165) is 28.7 Å². The standard InChI is InChI=1S/C27H25ClF5N3O7S/c28-20-3-1-2-19(27(31,32)33)18(20)7-4-16-5-8-22-21(12-16)36(13-17(43-22)6-9-25(38)39)44(40,41)23-14-35(15-24(29)30)34-26(23)42-11-10-37/h1-5,7-8,12,14,17,24,37H,6,9-11,13,15H2,(H,38,39)/b7-4+/t17-/m0/s1. The predicted molar refractivity (Wildman–Crippen MR) is 148 cm³/mol. The van der Waals surface area contributed by atoms with Gasteiger partial charge in [0.25, 0.3) is 22.3 Å². The summed E-state index contributed by atoms with van der Waals surface area (Å²) in [5.41, 5.74) is -1.12. The third-order valence-corrected chi connectivity index (χ3v) is 8.41. The Labute approximate surface area is 252 Å². The van der Waals surface area contributed by atoms with Crippen LogP contribution in [0.15, 0.2) is 47.5 Å². The summed E-state index contributed by atoms with van der Waals surface area (Å²) in [6.07, 6.45) is -5.71. The molecule has 1 aliphatic heterocycles. The zero-order chi connectivity index (χ0) is 32.2. The van der Waals surface area contributed by atoms with Gasteiger partial charge in [0.2, 0.25) is 0 Å². The van der Waals surface area contributed by atoms with Gasteiger partial charge in [-0.15, -0.1) is 5.10 Å². The molecule has 17 heteroatoms. The van der Waals surface area contributed by atoms with E-state index in [1.54, 1.807) is 0 Å². The van der Waals surface area contributed by atoms with E-state index in [1.165, 1.54) is 30.3 Å². The van der Waals surface area contributed by atoms with Crippen molar-refractivity contribution < 1.29 is 54.9 Å². The first-order valence-electron chi connectivity index (χ1n) is 12.9. The maximum Gasteiger partial charge on any atom is 0.417 e. The number of carbonyl (C=O) groups is 1. The molecule has 1 aliphatic rings. The van der Waals surface area contributed by atoms with E-state index in [2.05, 4.69) is 5.10 Å². The molecule has 2 aromatic carbocycles. The van der Waals surface area contributed by atoms with E-state index < -0.39 is 77.3 Å². The minimum atomic E-state index is -4.70. The SMILES string of the molecule is O=C(O)CC[C@H]1CN(S(=O)(=O)c2cn(CC(F)F)nc2OCCO)c2cc(/C=C/c3c(Cl)cccc3C(F)(F)F)ccc2O1. The highest BCUT2D eigenvalue weighted by Crippen LogP contribution is 2.41. The van der Waals surface area contributed by atoms with Crippen LogP contribution in [-0.4, -0.2) is 66.7 Å². The van der Waals surface area contributed by atoms with Crippen molar-refractivity contribution in [3.8, 4) is 11.6 Å². The Hall–Kier alpha value is -3.89. The number of aliphatic hydroxyl groups is 1. The third-order valence-electron chi connectivity index (χ3n) is 6.32. The lowest BCUT2D eigenvalue weighted by Gasteiger charge is -2.35. The van der Waals surface area contributed by atoms with E-state index in [4.69, 9.17) is 31.3 Å². The number of anilines is 1. The second-order valence-electron chi connectivity index (χ2n) is 9.45. The molecule has 0 fully saturated rings. The minimum Gasteiger partial charge on any atom is -0.486 e. The highest BCUT2D eigenvalue weighted by atomic mass is 35.5. The second kappa shape index (κ2) is 13.4. The Bertz CT molecular complexity index is 1650. The fourth-order valence-electron chi connectivity index (χ4n) is 4.39. The fraction of sp³-hybridized carbons (Fsp3) is 0.333. The van der Waals surface area contributed by atoms with Gasteiger partial charge in [-0.1, -0.05) is 35.9 Å². The fourth-order valence-corrected chi connectivity index (χ4v) is 6.20. The number of benzene rings is 2. The molecule has 0 saturated carbocycles. The lowest BCUT2D eigenvalue weighted by molar-refractivity contribution is -0.138. The van der Waals surface area contributed by atoms with Gasteiger partial charge in [-0.3, -0.25) is 13.8 Å². The van der Waals surface area contributed by atoms with Crippen LogP contribution in [0.5, 0.6) is 11.6 Å². The van der Waals surface area contributed by atoms with Crippen molar-refractivity contribution in [2.24, 2.45) is 0 Å². The van der Waals surface area contributed by atoms with Gasteiger partial charge in [-0.05, 0) is 36.2 Å². The number of rotatable bonds is 12. The first kappa shape index (κ1) is 33.0. The number of carboxylic acid groups (broad SMARTS) is 1. The van der Waals surface area contributed by atoms with Crippen molar-refractivity contribution in [3.05, 3.63) is 64.3 Å². The van der Waals surface area contributed by atoms with Crippen LogP contribution in [0.25, 0.3) is 12.2 Å².